The highest BCUT2D eigenvalue weighted by molar-refractivity contribution is 5.78. The summed E-state index contributed by atoms with van der Waals surface area (Å²) in [6.45, 7) is 2.73. The van der Waals surface area contributed by atoms with E-state index >= 15 is 0 Å². The quantitative estimate of drug-likeness (QED) is 0.605. The van der Waals surface area contributed by atoms with Crippen molar-refractivity contribution in [3.8, 4) is 23.3 Å². The summed E-state index contributed by atoms with van der Waals surface area (Å²) in [6.07, 6.45) is 0.700. The molecule has 0 fully saturated rings. The molecule has 0 spiro atoms. The zero-order valence-electron chi connectivity index (χ0n) is 9.91. The van der Waals surface area contributed by atoms with Crippen LogP contribution in [0.5, 0.6) is 11.5 Å². The average molecular weight is 233 g/mol. The Morgan fingerprint density at radius 2 is 2.29 bits per heavy atom. The Balaban J connectivity index is 3.15. The number of phenolic OH excluding ortho intramolecular Hbond substituents is 1. The number of phenols is 1. The fourth-order valence-corrected chi connectivity index (χ4v) is 1.29. The highest BCUT2D eigenvalue weighted by Gasteiger charge is 2.09. The van der Waals surface area contributed by atoms with Crippen molar-refractivity contribution < 1.29 is 14.6 Å². The lowest BCUT2D eigenvalue weighted by Gasteiger charge is -2.08. The molecule has 0 aromatic heterocycles. The van der Waals surface area contributed by atoms with E-state index in [-0.39, 0.29) is 11.5 Å². The molecule has 0 amide bonds. The van der Waals surface area contributed by atoms with E-state index in [2.05, 4.69) is 17.2 Å². The zero-order valence-corrected chi connectivity index (χ0v) is 9.91. The molecular weight excluding hydrogens is 218 g/mol. The summed E-state index contributed by atoms with van der Waals surface area (Å²) < 4.78 is 5.23. The molecule has 0 unspecified atom stereocenters. The van der Waals surface area contributed by atoms with Gasteiger partial charge in [0.15, 0.2) is 11.5 Å². The van der Waals surface area contributed by atoms with Crippen LogP contribution < -0.4 is 10.1 Å². The van der Waals surface area contributed by atoms with Crippen molar-refractivity contribution in [2.45, 2.75) is 6.92 Å². The number of aromatic hydroxyl groups is 1. The van der Waals surface area contributed by atoms with Crippen molar-refractivity contribution >= 4 is 6.29 Å². The molecule has 0 aliphatic heterocycles. The maximum absolute atomic E-state index is 10.8. The third-order valence-corrected chi connectivity index (χ3v) is 2.02. The molecule has 90 valence electrons. The molecule has 2 N–H and O–H groups in total. The zero-order chi connectivity index (χ0) is 12.7. The van der Waals surface area contributed by atoms with Crippen LogP contribution in [0.3, 0.4) is 0 Å². The minimum atomic E-state index is -0.0268. The Labute approximate surface area is 101 Å². The largest absolute Gasteiger partial charge is 0.503 e. The van der Waals surface area contributed by atoms with Gasteiger partial charge >= 0.3 is 0 Å². The fourth-order valence-electron chi connectivity index (χ4n) is 1.29. The fraction of sp³-hybridized carbons (Fsp3) is 0.308. The summed E-state index contributed by atoms with van der Waals surface area (Å²) in [7, 11) is 1.78. The van der Waals surface area contributed by atoms with Crippen LogP contribution in [0.15, 0.2) is 12.1 Å². The van der Waals surface area contributed by atoms with Gasteiger partial charge in [-0.2, -0.15) is 0 Å². The minimum Gasteiger partial charge on any atom is -0.503 e. The Hall–Kier alpha value is -1.99. The van der Waals surface area contributed by atoms with Crippen LogP contribution in [0, 0.1) is 11.8 Å². The Kier molecular flexibility index (Phi) is 5.05. The topological polar surface area (TPSA) is 58.6 Å². The average Bonchev–Trinajstić information content (AvgIpc) is 2.34. The number of ether oxygens (including phenoxy) is 1. The second kappa shape index (κ2) is 6.56. The van der Waals surface area contributed by atoms with Gasteiger partial charge in [-0.15, -0.1) is 0 Å². The normalized spacial score (nSPS) is 9.29. The van der Waals surface area contributed by atoms with E-state index in [4.69, 9.17) is 4.74 Å². The summed E-state index contributed by atoms with van der Waals surface area (Å²) >= 11 is 0. The first-order valence-corrected chi connectivity index (χ1v) is 5.31. The van der Waals surface area contributed by atoms with Crippen LogP contribution in [-0.4, -0.2) is 31.6 Å². The van der Waals surface area contributed by atoms with Crippen molar-refractivity contribution in [1.82, 2.24) is 5.32 Å². The van der Waals surface area contributed by atoms with E-state index in [1.165, 1.54) is 12.1 Å². The molecule has 0 saturated carbocycles. The molecule has 4 heteroatoms. The van der Waals surface area contributed by atoms with E-state index in [1.54, 1.807) is 14.0 Å². The van der Waals surface area contributed by atoms with Gasteiger partial charge in [0, 0.05) is 5.56 Å². The van der Waals surface area contributed by atoms with Crippen LogP contribution in [0.4, 0.5) is 0 Å². The van der Waals surface area contributed by atoms with E-state index < -0.39 is 0 Å². The molecule has 0 heterocycles. The third-order valence-electron chi connectivity index (χ3n) is 2.02. The van der Waals surface area contributed by atoms with Crippen LogP contribution in [0.25, 0.3) is 0 Å². The van der Waals surface area contributed by atoms with Crippen LogP contribution in [0.1, 0.15) is 22.8 Å². The van der Waals surface area contributed by atoms with Crippen LogP contribution >= 0.6 is 0 Å². The molecule has 1 aromatic carbocycles. The lowest BCUT2D eigenvalue weighted by Crippen LogP contribution is -2.04. The first kappa shape index (κ1) is 13.1. The molecule has 1 rings (SSSR count). The maximum Gasteiger partial charge on any atom is 0.173 e. The van der Waals surface area contributed by atoms with Crippen LogP contribution in [-0.2, 0) is 0 Å². The van der Waals surface area contributed by atoms with Crippen molar-refractivity contribution in [2.24, 2.45) is 0 Å². The number of aldehydes is 1. The second-order valence-corrected chi connectivity index (χ2v) is 3.30. The molecule has 0 aliphatic rings. The van der Waals surface area contributed by atoms with Gasteiger partial charge in [-0.1, -0.05) is 11.8 Å². The number of carbonyl (C=O) groups excluding carboxylic acids is 1. The number of hydrogen-bond acceptors (Lipinski definition) is 4. The van der Waals surface area contributed by atoms with E-state index in [1.807, 2.05) is 0 Å². The van der Waals surface area contributed by atoms with E-state index in [9.17, 15) is 9.90 Å². The minimum absolute atomic E-state index is 0.0268. The van der Waals surface area contributed by atoms with Gasteiger partial charge in [0.1, 0.15) is 6.29 Å². The first-order valence-electron chi connectivity index (χ1n) is 5.31. The van der Waals surface area contributed by atoms with Gasteiger partial charge in [0.25, 0.3) is 0 Å². The number of benzene rings is 1. The van der Waals surface area contributed by atoms with Gasteiger partial charge in [0.05, 0.1) is 18.7 Å². The molecule has 4 nitrogen and oxygen atoms in total. The van der Waals surface area contributed by atoms with E-state index in [0.717, 1.165) is 0 Å². The van der Waals surface area contributed by atoms with Crippen molar-refractivity contribution in [3.63, 3.8) is 0 Å². The van der Waals surface area contributed by atoms with Gasteiger partial charge in [-0.05, 0) is 26.1 Å². The molecule has 0 saturated heterocycles. The molecule has 17 heavy (non-hydrogen) atoms. The number of hydrogen-bond donors (Lipinski definition) is 2. The summed E-state index contributed by atoms with van der Waals surface area (Å²) in [5.41, 5.74) is 0.827. The Morgan fingerprint density at radius 1 is 1.53 bits per heavy atom. The van der Waals surface area contributed by atoms with E-state index in [0.29, 0.717) is 30.6 Å². The second-order valence-electron chi connectivity index (χ2n) is 3.30. The van der Waals surface area contributed by atoms with Gasteiger partial charge in [-0.25, -0.2) is 0 Å². The summed E-state index contributed by atoms with van der Waals surface area (Å²) in [5, 5.41) is 12.7. The Morgan fingerprint density at radius 3 is 2.88 bits per heavy atom. The smallest absolute Gasteiger partial charge is 0.173 e. The summed E-state index contributed by atoms with van der Waals surface area (Å²) in [4.78, 5) is 10.8. The molecule has 0 atom stereocenters. The van der Waals surface area contributed by atoms with Crippen LogP contribution in [0.2, 0.25) is 0 Å². The number of nitrogens with one attached hydrogen (secondary N) is 1. The first-order chi connectivity index (χ1) is 8.22. The van der Waals surface area contributed by atoms with Gasteiger partial charge in [0.2, 0.25) is 0 Å². The Bertz CT molecular complexity index is 458. The number of rotatable bonds is 4. The van der Waals surface area contributed by atoms with Crippen molar-refractivity contribution in [3.05, 3.63) is 23.3 Å². The van der Waals surface area contributed by atoms with Crippen molar-refractivity contribution in [2.75, 3.05) is 20.2 Å². The van der Waals surface area contributed by atoms with Gasteiger partial charge < -0.3 is 15.2 Å². The predicted octanol–water partition coefficient (Wildman–Crippen LogP) is 1.17. The molecule has 0 bridgehead atoms. The van der Waals surface area contributed by atoms with Gasteiger partial charge in [-0.3, -0.25) is 4.79 Å². The van der Waals surface area contributed by atoms with Crippen molar-refractivity contribution in [1.29, 1.82) is 0 Å². The lowest BCUT2D eigenvalue weighted by molar-refractivity contribution is 0.112. The molecule has 0 aliphatic carbocycles. The predicted molar refractivity (Wildman–Crippen MR) is 65.5 cm³/mol. The summed E-state index contributed by atoms with van der Waals surface area (Å²) in [6, 6.07) is 3.03. The highest BCUT2D eigenvalue weighted by atomic mass is 16.5. The third kappa shape index (κ3) is 3.51. The molecule has 1 aromatic rings. The lowest BCUT2D eigenvalue weighted by atomic mass is 10.1. The molecular formula is C13H15NO3. The summed E-state index contributed by atoms with van der Waals surface area (Å²) in [5.74, 6) is 5.86. The standard InChI is InChI=1S/C13H15NO3/c1-3-17-12-8-10(9-15)7-11(13(12)16)5-4-6-14-2/h7-9,14,16H,3,6H2,1-2H3. The molecule has 0 radical (unpaired) electrons. The number of carbonyl (C=O) groups is 1. The highest BCUT2D eigenvalue weighted by Crippen LogP contribution is 2.30. The maximum atomic E-state index is 10.8. The SMILES string of the molecule is CCOc1cc(C=O)cc(C#CCNC)c1O. The monoisotopic (exact) mass is 233 g/mol.